The molecular formula is C9H9F4NO. The van der Waals surface area contributed by atoms with Crippen LogP contribution in [0.3, 0.4) is 0 Å². The molecule has 0 amide bonds. The maximum absolute atomic E-state index is 12.7. The largest absolute Gasteiger partial charge is 0.491 e. The minimum absolute atomic E-state index is 0.0701. The molecule has 0 heterocycles. The molecular weight excluding hydrogens is 214 g/mol. The Kier molecular flexibility index (Phi) is 3.39. The normalized spacial score (nSPS) is 11.5. The smallest absolute Gasteiger partial charge is 0.392 e. The van der Waals surface area contributed by atoms with E-state index in [0.29, 0.717) is 0 Å². The van der Waals surface area contributed by atoms with Gasteiger partial charge in [0, 0.05) is 6.07 Å². The van der Waals surface area contributed by atoms with E-state index in [-0.39, 0.29) is 11.4 Å². The molecule has 2 N–H and O–H groups in total. The number of benzene rings is 1. The number of halogens is 4. The number of rotatable bonds is 3. The first kappa shape index (κ1) is 11.6. The molecule has 15 heavy (non-hydrogen) atoms. The highest BCUT2D eigenvalue weighted by Gasteiger charge is 2.26. The van der Waals surface area contributed by atoms with Gasteiger partial charge in [-0.05, 0) is 12.1 Å². The third kappa shape index (κ3) is 4.05. The second-order valence-corrected chi connectivity index (χ2v) is 2.90. The van der Waals surface area contributed by atoms with Crippen LogP contribution in [0.1, 0.15) is 6.42 Å². The highest BCUT2D eigenvalue weighted by Crippen LogP contribution is 2.24. The van der Waals surface area contributed by atoms with Gasteiger partial charge in [0.25, 0.3) is 0 Å². The zero-order chi connectivity index (χ0) is 11.5. The molecule has 0 unspecified atom stereocenters. The quantitative estimate of drug-likeness (QED) is 0.631. The third-order valence-corrected chi connectivity index (χ3v) is 1.62. The first-order valence-corrected chi connectivity index (χ1v) is 4.13. The Hall–Kier alpha value is -1.46. The van der Waals surface area contributed by atoms with E-state index in [4.69, 9.17) is 10.5 Å². The first-order chi connectivity index (χ1) is 6.88. The summed E-state index contributed by atoms with van der Waals surface area (Å²) in [6.45, 7) is -0.572. The summed E-state index contributed by atoms with van der Waals surface area (Å²) >= 11 is 0. The van der Waals surface area contributed by atoms with E-state index < -0.39 is 25.0 Å². The van der Waals surface area contributed by atoms with Crippen molar-refractivity contribution in [3.05, 3.63) is 24.0 Å². The summed E-state index contributed by atoms with van der Waals surface area (Å²) in [7, 11) is 0. The van der Waals surface area contributed by atoms with Crippen molar-refractivity contribution in [2.45, 2.75) is 12.6 Å². The summed E-state index contributed by atoms with van der Waals surface area (Å²) in [4.78, 5) is 0. The minimum atomic E-state index is -4.29. The number of nitrogens with two attached hydrogens (primary N) is 1. The van der Waals surface area contributed by atoms with E-state index >= 15 is 0 Å². The van der Waals surface area contributed by atoms with Crippen LogP contribution in [-0.2, 0) is 0 Å². The van der Waals surface area contributed by atoms with Gasteiger partial charge >= 0.3 is 6.18 Å². The molecule has 0 fully saturated rings. The van der Waals surface area contributed by atoms with Crippen molar-refractivity contribution in [3.8, 4) is 5.75 Å². The Balaban J connectivity index is 2.54. The Morgan fingerprint density at radius 1 is 1.27 bits per heavy atom. The predicted molar refractivity (Wildman–Crippen MR) is 47.0 cm³/mol. The maximum atomic E-state index is 12.7. The summed E-state index contributed by atoms with van der Waals surface area (Å²) in [6, 6.07) is 3.29. The molecule has 0 saturated carbocycles. The summed E-state index contributed by atoms with van der Waals surface area (Å²) in [5.74, 6) is -0.676. The molecule has 0 aliphatic rings. The lowest BCUT2D eigenvalue weighted by Crippen LogP contribution is -2.13. The van der Waals surface area contributed by atoms with Gasteiger partial charge in [-0.2, -0.15) is 13.2 Å². The number of hydrogen-bond acceptors (Lipinski definition) is 2. The predicted octanol–water partition coefficient (Wildman–Crippen LogP) is 2.74. The second-order valence-electron chi connectivity index (χ2n) is 2.90. The molecule has 0 saturated heterocycles. The Labute approximate surface area is 83.6 Å². The molecule has 6 heteroatoms. The molecule has 0 spiro atoms. The molecule has 0 atom stereocenters. The van der Waals surface area contributed by atoms with E-state index in [0.717, 1.165) is 12.1 Å². The van der Waals surface area contributed by atoms with Gasteiger partial charge in [0.1, 0.15) is 11.6 Å². The van der Waals surface area contributed by atoms with Crippen molar-refractivity contribution < 1.29 is 22.3 Å². The fourth-order valence-electron chi connectivity index (χ4n) is 0.910. The minimum Gasteiger partial charge on any atom is -0.491 e. The molecule has 0 aliphatic carbocycles. The van der Waals surface area contributed by atoms with Crippen LogP contribution in [0.4, 0.5) is 23.2 Å². The number of ether oxygens (including phenoxy) is 1. The number of nitrogen functional groups attached to an aromatic ring is 1. The van der Waals surface area contributed by atoms with Crippen molar-refractivity contribution in [2.75, 3.05) is 12.3 Å². The van der Waals surface area contributed by atoms with Crippen molar-refractivity contribution in [3.63, 3.8) is 0 Å². The van der Waals surface area contributed by atoms with Crippen LogP contribution in [0.5, 0.6) is 5.75 Å². The topological polar surface area (TPSA) is 35.2 Å². The van der Waals surface area contributed by atoms with Gasteiger partial charge in [0.15, 0.2) is 0 Å². The monoisotopic (exact) mass is 223 g/mol. The molecule has 0 radical (unpaired) electrons. The highest BCUT2D eigenvalue weighted by atomic mass is 19.4. The summed E-state index contributed by atoms with van der Waals surface area (Å²) in [6.07, 6.45) is -5.38. The van der Waals surface area contributed by atoms with Crippen LogP contribution < -0.4 is 10.5 Å². The molecule has 84 valence electrons. The van der Waals surface area contributed by atoms with E-state index in [1.165, 1.54) is 6.07 Å². The SMILES string of the molecule is Nc1ccc(F)cc1OCCC(F)(F)F. The van der Waals surface area contributed by atoms with Gasteiger partial charge < -0.3 is 10.5 Å². The molecule has 2 nitrogen and oxygen atoms in total. The van der Waals surface area contributed by atoms with Gasteiger partial charge in [0.2, 0.25) is 0 Å². The standard InChI is InChI=1S/C9H9F4NO/c10-6-1-2-7(14)8(5-6)15-4-3-9(11,12)13/h1-2,5H,3-4,14H2. The average molecular weight is 223 g/mol. The number of alkyl halides is 3. The molecule has 1 rings (SSSR count). The van der Waals surface area contributed by atoms with Crippen LogP contribution >= 0.6 is 0 Å². The Morgan fingerprint density at radius 2 is 1.93 bits per heavy atom. The van der Waals surface area contributed by atoms with E-state index in [1.54, 1.807) is 0 Å². The summed E-state index contributed by atoms with van der Waals surface area (Å²) < 4.78 is 52.6. The molecule has 0 aliphatic heterocycles. The van der Waals surface area contributed by atoms with Crippen LogP contribution in [0.2, 0.25) is 0 Å². The highest BCUT2D eigenvalue weighted by molar-refractivity contribution is 5.52. The molecule has 1 aromatic rings. The van der Waals surface area contributed by atoms with Crippen molar-refractivity contribution in [1.82, 2.24) is 0 Å². The van der Waals surface area contributed by atoms with Gasteiger partial charge in [-0.15, -0.1) is 0 Å². The zero-order valence-electron chi connectivity index (χ0n) is 7.64. The fourth-order valence-corrected chi connectivity index (χ4v) is 0.910. The summed E-state index contributed by atoms with van der Waals surface area (Å²) in [5, 5.41) is 0. The first-order valence-electron chi connectivity index (χ1n) is 4.13. The average Bonchev–Trinajstić information content (AvgIpc) is 2.09. The van der Waals surface area contributed by atoms with Crippen molar-refractivity contribution in [1.29, 1.82) is 0 Å². The molecule has 0 aromatic heterocycles. The maximum Gasteiger partial charge on any atom is 0.392 e. The van der Waals surface area contributed by atoms with E-state index in [9.17, 15) is 17.6 Å². The van der Waals surface area contributed by atoms with Crippen molar-refractivity contribution >= 4 is 5.69 Å². The fraction of sp³-hybridized carbons (Fsp3) is 0.333. The van der Waals surface area contributed by atoms with Crippen LogP contribution in [-0.4, -0.2) is 12.8 Å². The van der Waals surface area contributed by atoms with Gasteiger partial charge in [-0.1, -0.05) is 0 Å². The number of anilines is 1. The number of hydrogen-bond donors (Lipinski definition) is 1. The van der Waals surface area contributed by atoms with Gasteiger partial charge in [-0.25, -0.2) is 4.39 Å². The van der Waals surface area contributed by atoms with Crippen LogP contribution in [0.15, 0.2) is 18.2 Å². The second kappa shape index (κ2) is 4.37. The lowest BCUT2D eigenvalue weighted by Gasteiger charge is -2.10. The molecule has 1 aromatic carbocycles. The van der Waals surface area contributed by atoms with Crippen LogP contribution in [0.25, 0.3) is 0 Å². The Bertz CT molecular complexity index is 337. The lowest BCUT2D eigenvalue weighted by molar-refractivity contribution is -0.139. The van der Waals surface area contributed by atoms with Crippen molar-refractivity contribution in [2.24, 2.45) is 0 Å². The lowest BCUT2D eigenvalue weighted by atomic mass is 10.3. The zero-order valence-corrected chi connectivity index (χ0v) is 7.64. The van der Waals surface area contributed by atoms with Gasteiger partial charge in [-0.3, -0.25) is 0 Å². The van der Waals surface area contributed by atoms with Crippen LogP contribution in [0, 0.1) is 5.82 Å². The third-order valence-electron chi connectivity index (χ3n) is 1.62. The summed E-state index contributed by atoms with van der Waals surface area (Å²) in [5.41, 5.74) is 5.48. The Morgan fingerprint density at radius 3 is 2.53 bits per heavy atom. The molecule has 0 bridgehead atoms. The van der Waals surface area contributed by atoms with E-state index in [1.807, 2.05) is 0 Å². The van der Waals surface area contributed by atoms with E-state index in [2.05, 4.69) is 0 Å². The van der Waals surface area contributed by atoms with Gasteiger partial charge in [0.05, 0.1) is 18.7 Å².